The molecule has 0 saturated carbocycles. The van der Waals surface area contributed by atoms with Gasteiger partial charge in [0.2, 0.25) is 5.91 Å². The maximum absolute atomic E-state index is 14.8. The number of para-hydroxylation sites is 1. The van der Waals surface area contributed by atoms with Crippen LogP contribution in [0.15, 0.2) is 72.1 Å². The largest absolute Gasteiger partial charge is 0.382 e. The van der Waals surface area contributed by atoms with Crippen LogP contribution < -0.4 is 10.6 Å². The summed E-state index contributed by atoms with van der Waals surface area (Å²) in [5.74, 6) is -1.05. The van der Waals surface area contributed by atoms with E-state index in [0.717, 1.165) is 42.9 Å². The molecule has 1 fully saturated rings. The van der Waals surface area contributed by atoms with Crippen molar-refractivity contribution in [2.45, 2.75) is 63.7 Å². The quantitative estimate of drug-likeness (QED) is 0.371. The van der Waals surface area contributed by atoms with Crippen molar-refractivity contribution >= 4 is 34.7 Å². The molecular formula is C34H43N5O4S. The lowest BCUT2D eigenvalue weighted by Crippen LogP contribution is -2.66. The van der Waals surface area contributed by atoms with Crippen LogP contribution in [0, 0.1) is 0 Å². The van der Waals surface area contributed by atoms with Gasteiger partial charge in [0.15, 0.2) is 0 Å². The number of hydrogen-bond acceptors (Lipinski definition) is 7. The predicted octanol–water partition coefficient (Wildman–Crippen LogP) is 3.87. The van der Waals surface area contributed by atoms with Gasteiger partial charge in [-0.05, 0) is 67.3 Å². The Labute approximate surface area is 264 Å². The molecule has 10 heteroatoms. The van der Waals surface area contributed by atoms with Crippen molar-refractivity contribution in [3.63, 3.8) is 0 Å². The number of hydrazine groups is 1. The first-order valence-electron chi connectivity index (χ1n) is 15.3. The van der Waals surface area contributed by atoms with Crippen molar-refractivity contribution in [3.8, 4) is 0 Å². The summed E-state index contributed by atoms with van der Waals surface area (Å²) in [5, 5.41) is 4.79. The molecule has 3 heterocycles. The van der Waals surface area contributed by atoms with E-state index in [9.17, 15) is 14.4 Å². The Morgan fingerprint density at radius 3 is 2.36 bits per heavy atom. The number of piperidine rings is 1. The lowest BCUT2D eigenvalue weighted by Gasteiger charge is -2.50. The van der Waals surface area contributed by atoms with Crippen molar-refractivity contribution in [1.29, 1.82) is 0 Å². The van der Waals surface area contributed by atoms with Crippen molar-refractivity contribution in [1.82, 2.24) is 14.9 Å². The summed E-state index contributed by atoms with van der Waals surface area (Å²) in [5.41, 5.74) is 8.33. The minimum Gasteiger partial charge on any atom is -0.382 e. The van der Waals surface area contributed by atoms with Crippen LogP contribution >= 0.6 is 11.3 Å². The fourth-order valence-corrected chi connectivity index (χ4v) is 7.32. The fraction of sp³-hybridized carbons (Fsp3) is 0.441. The number of likely N-dealkylation sites (tertiary alicyclic amines) is 1. The van der Waals surface area contributed by atoms with Crippen molar-refractivity contribution in [2.75, 3.05) is 38.3 Å². The Hall–Kier alpha value is -3.57. The molecule has 2 atom stereocenters. The number of anilines is 1. The summed E-state index contributed by atoms with van der Waals surface area (Å²) in [6.07, 6.45) is 2.78. The number of nitrogens with two attached hydrogens (primary N) is 1. The molecule has 234 valence electrons. The summed E-state index contributed by atoms with van der Waals surface area (Å²) < 4.78 is 5.81. The highest BCUT2D eigenvalue weighted by Crippen LogP contribution is 2.36. The molecule has 2 aromatic carbocycles. The third-order valence-corrected chi connectivity index (χ3v) is 9.86. The first-order valence-corrected chi connectivity index (χ1v) is 16.2. The SMILES string of the molecule is COCC1(N(C(=O)C(C)N(C(C)=O)N2Cc3ccccc3CC(N)C2=O)c2ccccc2)CCN(CCc2cccs2)CC1. The van der Waals surface area contributed by atoms with E-state index in [1.165, 1.54) is 21.8 Å². The molecule has 3 aromatic rings. The van der Waals surface area contributed by atoms with Gasteiger partial charge in [-0.25, -0.2) is 10.0 Å². The van der Waals surface area contributed by atoms with Gasteiger partial charge in [-0.1, -0.05) is 48.5 Å². The molecule has 2 aliphatic heterocycles. The smallest absolute Gasteiger partial charge is 0.258 e. The molecular weight excluding hydrogens is 574 g/mol. The van der Waals surface area contributed by atoms with Gasteiger partial charge >= 0.3 is 0 Å². The van der Waals surface area contributed by atoms with Crippen LogP contribution in [-0.4, -0.2) is 83.6 Å². The second-order valence-electron chi connectivity index (χ2n) is 11.9. The second kappa shape index (κ2) is 14.0. The number of thiophene rings is 1. The van der Waals surface area contributed by atoms with E-state index in [4.69, 9.17) is 10.5 Å². The molecule has 0 radical (unpaired) electrons. The van der Waals surface area contributed by atoms with Crippen molar-refractivity contribution in [2.24, 2.45) is 5.73 Å². The molecule has 0 aliphatic carbocycles. The highest BCUT2D eigenvalue weighted by molar-refractivity contribution is 7.09. The van der Waals surface area contributed by atoms with Crippen LogP contribution in [0.4, 0.5) is 5.69 Å². The van der Waals surface area contributed by atoms with Crippen molar-refractivity contribution in [3.05, 3.63) is 88.1 Å². The number of fused-ring (bicyclic) bond motifs is 1. The van der Waals surface area contributed by atoms with Gasteiger partial charge in [-0.3, -0.25) is 14.4 Å². The molecule has 5 rings (SSSR count). The number of hydrogen-bond donors (Lipinski definition) is 1. The highest BCUT2D eigenvalue weighted by atomic mass is 32.1. The lowest BCUT2D eigenvalue weighted by molar-refractivity contribution is -0.172. The van der Waals surface area contributed by atoms with Crippen LogP contribution in [0.25, 0.3) is 0 Å². The molecule has 1 aromatic heterocycles. The monoisotopic (exact) mass is 617 g/mol. The predicted molar refractivity (Wildman–Crippen MR) is 173 cm³/mol. The summed E-state index contributed by atoms with van der Waals surface area (Å²) in [6.45, 7) is 6.18. The molecule has 2 unspecified atom stereocenters. The maximum Gasteiger partial charge on any atom is 0.258 e. The summed E-state index contributed by atoms with van der Waals surface area (Å²) in [4.78, 5) is 47.4. The van der Waals surface area contributed by atoms with Gasteiger partial charge < -0.3 is 20.3 Å². The van der Waals surface area contributed by atoms with E-state index in [2.05, 4.69) is 22.4 Å². The molecule has 2 aliphatic rings. The first kappa shape index (κ1) is 31.8. The van der Waals surface area contributed by atoms with E-state index in [0.29, 0.717) is 25.9 Å². The number of amides is 3. The summed E-state index contributed by atoms with van der Waals surface area (Å²) >= 11 is 1.78. The van der Waals surface area contributed by atoms with Crippen LogP contribution in [-0.2, 0) is 38.5 Å². The van der Waals surface area contributed by atoms with E-state index >= 15 is 0 Å². The summed E-state index contributed by atoms with van der Waals surface area (Å²) in [7, 11) is 1.67. The molecule has 3 amide bonds. The van der Waals surface area contributed by atoms with Crippen LogP contribution in [0.5, 0.6) is 0 Å². The Balaban J connectivity index is 1.45. The Bertz CT molecular complexity index is 1420. The minimum atomic E-state index is -0.972. The number of carbonyl (C=O) groups is 3. The first-order chi connectivity index (χ1) is 21.2. The average Bonchev–Trinajstić information content (AvgIpc) is 3.51. The molecule has 9 nitrogen and oxygen atoms in total. The van der Waals surface area contributed by atoms with Gasteiger partial charge in [-0.2, -0.15) is 0 Å². The number of carbonyl (C=O) groups excluding carboxylic acids is 3. The number of methoxy groups -OCH3 is 1. The van der Waals surface area contributed by atoms with E-state index in [1.807, 2.05) is 59.5 Å². The van der Waals surface area contributed by atoms with Crippen LogP contribution in [0.2, 0.25) is 0 Å². The highest BCUT2D eigenvalue weighted by Gasteiger charge is 2.47. The third kappa shape index (κ3) is 6.73. The topological polar surface area (TPSA) is 99.4 Å². The third-order valence-electron chi connectivity index (χ3n) is 8.92. The van der Waals surface area contributed by atoms with Crippen LogP contribution in [0.1, 0.15) is 42.7 Å². The average molecular weight is 618 g/mol. The number of ether oxygens (including phenoxy) is 1. The van der Waals surface area contributed by atoms with E-state index in [-0.39, 0.29) is 18.4 Å². The van der Waals surface area contributed by atoms with Gasteiger partial charge in [0.25, 0.3) is 11.8 Å². The number of benzene rings is 2. The standard InChI is InChI=1S/C34H43N5O4S/c1-25(39(26(2)40)37-23-28-11-8-7-10-27(28)22-31(35)33(37)42)32(41)38(29-12-5-4-6-13-29)34(24-43-3)16-19-36(20-17-34)18-15-30-14-9-21-44-30/h4-14,21,25,31H,15-20,22-24,35H2,1-3H3. The number of rotatable bonds is 10. The second-order valence-corrected chi connectivity index (χ2v) is 12.9. The van der Waals surface area contributed by atoms with Gasteiger partial charge in [0.05, 0.1) is 24.7 Å². The summed E-state index contributed by atoms with van der Waals surface area (Å²) in [6, 6.07) is 19.8. The van der Waals surface area contributed by atoms with E-state index in [1.54, 1.807) is 25.4 Å². The van der Waals surface area contributed by atoms with Crippen molar-refractivity contribution < 1.29 is 19.1 Å². The molecule has 0 bridgehead atoms. The molecule has 2 N–H and O–H groups in total. The molecule has 0 spiro atoms. The minimum absolute atomic E-state index is 0.160. The Kier molecular flexibility index (Phi) is 10.2. The van der Waals surface area contributed by atoms with Gasteiger partial charge in [-0.15, -0.1) is 11.3 Å². The molecule has 44 heavy (non-hydrogen) atoms. The zero-order valence-corrected chi connectivity index (χ0v) is 26.7. The fourth-order valence-electron chi connectivity index (χ4n) is 6.62. The Morgan fingerprint density at radius 1 is 1.05 bits per heavy atom. The van der Waals surface area contributed by atoms with Crippen LogP contribution in [0.3, 0.4) is 0 Å². The zero-order chi connectivity index (χ0) is 31.3. The maximum atomic E-state index is 14.8. The van der Waals surface area contributed by atoms with Gasteiger partial charge in [0.1, 0.15) is 6.04 Å². The van der Waals surface area contributed by atoms with E-state index < -0.39 is 23.5 Å². The normalized spacial score (nSPS) is 19.1. The molecule has 1 saturated heterocycles. The number of nitrogens with zero attached hydrogens (tertiary/aromatic N) is 4. The zero-order valence-electron chi connectivity index (χ0n) is 25.9. The van der Waals surface area contributed by atoms with Gasteiger partial charge in [0, 0.05) is 44.2 Å². The Morgan fingerprint density at radius 2 is 1.73 bits per heavy atom. The lowest BCUT2D eigenvalue weighted by atomic mass is 9.85.